The lowest BCUT2D eigenvalue weighted by atomic mass is 10.0. The van der Waals surface area contributed by atoms with Crippen molar-refractivity contribution in [2.75, 3.05) is 13.4 Å². The summed E-state index contributed by atoms with van der Waals surface area (Å²) in [5, 5.41) is 4.91. The molecular formula is C25H21N3O2S. The van der Waals surface area contributed by atoms with Crippen LogP contribution < -0.4 is 10.2 Å². The number of aromatic nitrogens is 1. The van der Waals surface area contributed by atoms with Crippen molar-refractivity contribution in [1.82, 2.24) is 10.4 Å². The van der Waals surface area contributed by atoms with E-state index in [1.807, 2.05) is 79.1 Å². The van der Waals surface area contributed by atoms with E-state index in [1.165, 1.54) is 4.90 Å². The molecule has 0 bridgehead atoms. The lowest BCUT2D eigenvalue weighted by Gasteiger charge is -2.09. The Hall–Kier alpha value is -3.64. The summed E-state index contributed by atoms with van der Waals surface area (Å²) in [5.41, 5.74) is 6.44. The number of fused-ring (bicyclic) bond motifs is 1. The third-order valence-corrected chi connectivity index (χ3v) is 5.59. The number of hydrogen-bond acceptors (Lipinski definition) is 5. The standard InChI is InChI=1S/C25H21N3O2S/c1-30-19-11-9-18(10-12-19)24-15-22(21-5-3-4-6-23(21)27-24)25(29)28-26-16-17-7-13-20(31-2)14-8-17/h3-16H,1-2H3,(H,28,29)/b26-16+. The second-order valence-electron chi connectivity index (χ2n) is 6.77. The molecule has 1 heterocycles. The molecule has 31 heavy (non-hydrogen) atoms. The Labute approximate surface area is 185 Å². The Balaban J connectivity index is 1.63. The van der Waals surface area contributed by atoms with Crippen LogP contribution in [0.4, 0.5) is 0 Å². The van der Waals surface area contributed by atoms with E-state index in [0.717, 1.165) is 27.8 Å². The smallest absolute Gasteiger partial charge is 0.272 e. The molecular weight excluding hydrogens is 406 g/mol. The molecule has 0 radical (unpaired) electrons. The Bertz CT molecular complexity index is 1240. The maximum atomic E-state index is 13.0. The number of carbonyl (C=O) groups excluding carboxylic acids is 1. The number of hydrazone groups is 1. The fourth-order valence-corrected chi connectivity index (χ4v) is 3.60. The van der Waals surface area contributed by atoms with Crippen molar-refractivity contribution in [3.05, 3.63) is 90.0 Å². The van der Waals surface area contributed by atoms with Gasteiger partial charge in [-0.2, -0.15) is 5.10 Å². The third kappa shape index (κ3) is 4.75. The molecule has 4 aromatic rings. The normalized spacial score (nSPS) is 11.0. The van der Waals surface area contributed by atoms with Gasteiger partial charge in [0, 0.05) is 15.8 Å². The van der Waals surface area contributed by atoms with E-state index in [1.54, 1.807) is 31.2 Å². The molecule has 3 aromatic carbocycles. The molecule has 1 amide bonds. The Morgan fingerprint density at radius 2 is 1.77 bits per heavy atom. The number of nitrogens with zero attached hydrogens (tertiary/aromatic N) is 2. The molecule has 4 rings (SSSR count). The lowest BCUT2D eigenvalue weighted by Crippen LogP contribution is -2.18. The summed E-state index contributed by atoms with van der Waals surface area (Å²) in [6.07, 6.45) is 3.67. The number of hydrogen-bond donors (Lipinski definition) is 1. The fourth-order valence-electron chi connectivity index (χ4n) is 3.19. The molecule has 0 unspecified atom stereocenters. The lowest BCUT2D eigenvalue weighted by molar-refractivity contribution is 0.0956. The Kier molecular flexibility index (Phi) is 6.29. The van der Waals surface area contributed by atoms with Gasteiger partial charge in [0.2, 0.25) is 0 Å². The van der Waals surface area contributed by atoms with Crippen LogP contribution in [0.15, 0.2) is 88.9 Å². The summed E-state index contributed by atoms with van der Waals surface area (Å²) < 4.78 is 5.23. The molecule has 1 aromatic heterocycles. The summed E-state index contributed by atoms with van der Waals surface area (Å²) in [5.74, 6) is 0.479. The predicted molar refractivity (Wildman–Crippen MR) is 127 cm³/mol. The van der Waals surface area contributed by atoms with Crippen LogP contribution >= 0.6 is 11.8 Å². The zero-order valence-corrected chi connectivity index (χ0v) is 18.0. The van der Waals surface area contributed by atoms with Crippen LogP contribution in [-0.4, -0.2) is 30.5 Å². The summed E-state index contributed by atoms with van der Waals surface area (Å²) in [4.78, 5) is 18.9. The van der Waals surface area contributed by atoms with Crippen LogP contribution in [0.25, 0.3) is 22.2 Å². The highest BCUT2D eigenvalue weighted by Gasteiger charge is 2.13. The van der Waals surface area contributed by atoms with Crippen molar-refractivity contribution in [1.29, 1.82) is 0 Å². The van der Waals surface area contributed by atoms with Gasteiger partial charge in [-0.25, -0.2) is 10.4 Å². The molecule has 0 fully saturated rings. The monoisotopic (exact) mass is 427 g/mol. The van der Waals surface area contributed by atoms with Crippen LogP contribution in [0.1, 0.15) is 15.9 Å². The van der Waals surface area contributed by atoms with Crippen molar-refractivity contribution in [3.8, 4) is 17.0 Å². The molecule has 0 aliphatic carbocycles. The molecule has 154 valence electrons. The third-order valence-electron chi connectivity index (χ3n) is 4.84. The van der Waals surface area contributed by atoms with Gasteiger partial charge in [0.1, 0.15) is 5.75 Å². The largest absolute Gasteiger partial charge is 0.497 e. The predicted octanol–water partition coefficient (Wildman–Crippen LogP) is 5.40. The number of methoxy groups -OCH3 is 1. The van der Waals surface area contributed by atoms with E-state index >= 15 is 0 Å². The SMILES string of the molecule is COc1ccc(-c2cc(C(=O)N/N=C/c3ccc(SC)cc3)c3ccccc3n2)cc1. The highest BCUT2D eigenvalue weighted by atomic mass is 32.2. The zero-order chi connectivity index (χ0) is 21.6. The minimum atomic E-state index is -0.287. The first-order valence-electron chi connectivity index (χ1n) is 9.69. The molecule has 5 nitrogen and oxygen atoms in total. The number of carbonyl (C=O) groups is 1. The number of nitrogens with one attached hydrogen (secondary N) is 1. The van der Waals surface area contributed by atoms with Crippen LogP contribution in [0, 0.1) is 0 Å². The van der Waals surface area contributed by atoms with Gasteiger partial charge in [0.15, 0.2) is 0 Å². The highest BCUT2D eigenvalue weighted by molar-refractivity contribution is 7.98. The maximum absolute atomic E-state index is 13.0. The number of para-hydroxylation sites is 1. The van der Waals surface area contributed by atoms with E-state index in [2.05, 4.69) is 10.5 Å². The molecule has 0 atom stereocenters. The van der Waals surface area contributed by atoms with E-state index in [4.69, 9.17) is 9.72 Å². The highest BCUT2D eigenvalue weighted by Crippen LogP contribution is 2.26. The number of rotatable bonds is 6. The van der Waals surface area contributed by atoms with E-state index in [0.29, 0.717) is 11.3 Å². The number of amides is 1. The van der Waals surface area contributed by atoms with Gasteiger partial charge in [-0.3, -0.25) is 4.79 Å². The van der Waals surface area contributed by atoms with Crippen molar-refractivity contribution in [3.63, 3.8) is 0 Å². The van der Waals surface area contributed by atoms with Crippen LogP contribution in [0.2, 0.25) is 0 Å². The van der Waals surface area contributed by atoms with E-state index in [-0.39, 0.29) is 5.91 Å². The molecule has 6 heteroatoms. The first-order valence-corrected chi connectivity index (χ1v) is 10.9. The molecule has 1 N–H and O–H groups in total. The molecule has 0 aliphatic rings. The van der Waals surface area contributed by atoms with Crippen molar-refractivity contribution in [2.24, 2.45) is 5.10 Å². The maximum Gasteiger partial charge on any atom is 0.272 e. The summed E-state index contributed by atoms with van der Waals surface area (Å²) >= 11 is 1.68. The van der Waals surface area contributed by atoms with Crippen molar-refractivity contribution >= 4 is 34.8 Å². The topological polar surface area (TPSA) is 63.6 Å². The second kappa shape index (κ2) is 9.45. The van der Waals surface area contributed by atoms with Gasteiger partial charge >= 0.3 is 0 Å². The van der Waals surface area contributed by atoms with Crippen LogP contribution in [-0.2, 0) is 0 Å². The van der Waals surface area contributed by atoms with Gasteiger partial charge in [0.05, 0.1) is 30.1 Å². The van der Waals surface area contributed by atoms with Crippen LogP contribution in [0.3, 0.4) is 0 Å². The minimum absolute atomic E-state index is 0.287. The van der Waals surface area contributed by atoms with Gasteiger partial charge in [-0.1, -0.05) is 30.3 Å². The summed E-state index contributed by atoms with van der Waals surface area (Å²) in [7, 11) is 1.63. The zero-order valence-electron chi connectivity index (χ0n) is 17.2. The molecule has 0 spiro atoms. The van der Waals surface area contributed by atoms with E-state index in [9.17, 15) is 4.79 Å². The fraction of sp³-hybridized carbons (Fsp3) is 0.0800. The average molecular weight is 428 g/mol. The van der Waals surface area contributed by atoms with Gasteiger partial charge < -0.3 is 4.74 Å². The van der Waals surface area contributed by atoms with Gasteiger partial charge in [0.25, 0.3) is 5.91 Å². The number of thioether (sulfide) groups is 1. The van der Waals surface area contributed by atoms with Crippen molar-refractivity contribution < 1.29 is 9.53 Å². The van der Waals surface area contributed by atoms with E-state index < -0.39 is 0 Å². The number of pyridine rings is 1. The van der Waals surface area contributed by atoms with Crippen LogP contribution in [0.5, 0.6) is 5.75 Å². The minimum Gasteiger partial charge on any atom is -0.497 e. The molecule has 0 saturated carbocycles. The molecule has 0 saturated heterocycles. The first kappa shape index (κ1) is 20.6. The van der Waals surface area contributed by atoms with Crippen molar-refractivity contribution in [2.45, 2.75) is 4.90 Å². The summed E-state index contributed by atoms with van der Waals surface area (Å²) in [6, 6.07) is 24.9. The van der Waals surface area contributed by atoms with Gasteiger partial charge in [-0.15, -0.1) is 11.8 Å². The second-order valence-corrected chi connectivity index (χ2v) is 7.65. The molecule has 0 aliphatic heterocycles. The number of benzene rings is 3. The number of ether oxygens (including phenoxy) is 1. The quantitative estimate of drug-likeness (QED) is 0.254. The van der Waals surface area contributed by atoms with Gasteiger partial charge in [-0.05, 0) is 60.4 Å². The summed E-state index contributed by atoms with van der Waals surface area (Å²) in [6.45, 7) is 0. The average Bonchev–Trinajstić information content (AvgIpc) is 2.83. The first-order chi connectivity index (χ1) is 15.2. The Morgan fingerprint density at radius 1 is 1.03 bits per heavy atom. The Morgan fingerprint density at radius 3 is 2.48 bits per heavy atom.